The molecule has 0 atom stereocenters. The molecular formula is C17H11ClN2O. The number of fused-ring (bicyclic) bond motifs is 1. The summed E-state index contributed by atoms with van der Waals surface area (Å²) in [5.74, 6) is 0. The molecule has 0 aliphatic rings. The molecule has 3 rings (SSSR count). The lowest BCUT2D eigenvalue weighted by atomic mass is 10.1. The third kappa shape index (κ3) is 2.54. The zero-order chi connectivity index (χ0) is 14.8. The predicted octanol–water partition coefficient (Wildman–Crippen LogP) is 4.03. The second-order valence-electron chi connectivity index (χ2n) is 4.80. The van der Waals surface area contributed by atoms with Crippen molar-refractivity contribution in [3.8, 4) is 6.07 Å². The van der Waals surface area contributed by atoms with Gasteiger partial charge in [-0.2, -0.15) is 5.26 Å². The number of rotatable bonds is 3. The smallest absolute Gasteiger partial charge is 0.152 e. The van der Waals surface area contributed by atoms with Gasteiger partial charge in [-0.3, -0.25) is 4.79 Å². The van der Waals surface area contributed by atoms with Crippen LogP contribution >= 0.6 is 11.6 Å². The molecule has 3 nitrogen and oxygen atoms in total. The maximum absolute atomic E-state index is 11.2. The number of carbonyl (C=O) groups excluding carboxylic acids is 1. The molecule has 0 saturated heterocycles. The van der Waals surface area contributed by atoms with Crippen molar-refractivity contribution in [1.82, 2.24) is 4.57 Å². The average Bonchev–Trinajstić information content (AvgIpc) is 2.85. The van der Waals surface area contributed by atoms with Crippen LogP contribution in [0.1, 0.15) is 21.5 Å². The van der Waals surface area contributed by atoms with Gasteiger partial charge < -0.3 is 4.57 Å². The summed E-state index contributed by atoms with van der Waals surface area (Å²) in [5.41, 5.74) is 3.26. The largest absolute Gasteiger partial charge is 0.342 e. The molecule has 0 radical (unpaired) electrons. The Morgan fingerprint density at radius 2 is 1.95 bits per heavy atom. The van der Waals surface area contributed by atoms with E-state index in [2.05, 4.69) is 6.07 Å². The number of carbonyl (C=O) groups is 1. The van der Waals surface area contributed by atoms with Crippen molar-refractivity contribution in [3.05, 3.63) is 70.4 Å². The summed E-state index contributed by atoms with van der Waals surface area (Å²) in [7, 11) is 0. The van der Waals surface area contributed by atoms with Gasteiger partial charge in [0.1, 0.15) is 0 Å². The molecule has 0 spiro atoms. The highest BCUT2D eigenvalue weighted by Gasteiger charge is 2.09. The maximum Gasteiger partial charge on any atom is 0.152 e. The summed E-state index contributed by atoms with van der Waals surface area (Å²) in [6, 6.07) is 15.0. The van der Waals surface area contributed by atoms with Crippen molar-refractivity contribution in [3.63, 3.8) is 0 Å². The van der Waals surface area contributed by atoms with E-state index in [1.165, 1.54) is 0 Å². The highest BCUT2D eigenvalue weighted by atomic mass is 35.5. The summed E-state index contributed by atoms with van der Waals surface area (Å²) in [5, 5.41) is 10.3. The van der Waals surface area contributed by atoms with Gasteiger partial charge in [0, 0.05) is 28.7 Å². The van der Waals surface area contributed by atoms with Gasteiger partial charge in [0.25, 0.3) is 0 Å². The Kier molecular flexibility index (Phi) is 3.47. The van der Waals surface area contributed by atoms with Gasteiger partial charge >= 0.3 is 0 Å². The van der Waals surface area contributed by atoms with E-state index < -0.39 is 0 Å². The first-order valence-corrected chi connectivity index (χ1v) is 6.81. The Bertz CT molecular complexity index is 857. The Balaban J connectivity index is 2.05. The molecule has 2 aromatic carbocycles. The number of nitriles is 1. The van der Waals surface area contributed by atoms with Gasteiger partial charge in [-0.25, -0.2) is 0 Å². The van der Waals surface area contributed by atoms with E-state index in [1.807, 2.05) is 35.0 Å². The Morgan fingerprint density at radius 1 is 1.19 bits per heavy atom. The monoisotopic (exact) mass is 294 g/mol. The molecule has 3 aromatic rings. The normalized spacial score (nSPS) is 10.5. The second-order valence-corrected chi connectivity index (χ2v) is 5.24. The maximum atomic E-state index is 11.2. The highest BCUT2D eigenvalue weighted by molar-refractivity contribution is 6.31. The summed E-state index contributed by atoms with van der Waals surface area (Å²) in [4.78, 5) is 11.2. The first-order valence-electron chi connectivity index (χ1n) is 6.44. The van der Waals surface area contributed by atoms with Crippen LogP contribution in [0, 0.1) is 11.3 Å². The molecular weight excluding hydrogens is 284 g/mol. The highest BCUT2D eigenvalue weighted by Crippen LogP contribution is 2.24. The Hall–Kier alpha value is -2.57. The van der Waals surface area contributed by atoms with Crippen LogP contribution in [-0.4, -0.2) is 10.9 Å². The summed E-state index contributed by atoms with van der Waals surface area (Å²) < 4.78 is 1.99. The van der Waals surface area contributed by atoms with E-state index in [0.29, 0.717) is 22.7 Å². The molecule has 1 heterocycles. The number of aldehydes is 1. The zero-order valence-corrected chi connectivity index (χ0v) is 11.8. The van der Waals surface area contributed by atoms with Crippen LogP contribution in [0.15, 0.2) is 48.7 Å². The van der Waals surface area contributed by atoms with Crippen LogP contribution in [0.4, 0.5) is 0 Å². The minimum absolute atomic E-state index is 0.621. The molecule has 1 aromatic heterocycles. The van der Waals surface area contributed by atoms with Crippen molar-refractivity contribution in [2.75, 3.05) is 0 Å². The van der Waals surface area contributed by atoms with Crippen LogP contribution in [0.5, 0.6) is 0 Å². The van der Waals surface area contributed by atoms with E-state index >= 15 is 0 Å². The molecule has 0 amide bonds. The molecule has 0 saturated carbocycles. The van der Waals surface area contributed by atoms with Gasteiger partial charge in [-0.05, 0) is 29.8 Å². The van der Waals surface area contributed by atoms with E-state index in [9.17, 15) is 4.79 Å². The third-order valence-corrected chi connectivity index (χ3v) is 3.67. The fraction of sp³-hybridized carbons (Fsp3) is 0.0588. The average molecular weight is 295 g/mol. The van der Waals surface area contributed by atoms with Crippen molar-refractivity contribution in [1.29, 1.82) is 5.26 Å². The van der Waals surface area contributed by atoms with E-state index in [1.54, 1.807) is 18.2 Å². The first kappa shape index (κ1) is 13.4. The van der Waals surface area contributed by atoms with Crippen LogP contribution in [0.25, 0.3) is 10.9 Å². The van der Waals surface area contributed by atoms with Gasteiger partial charge in [-0.1, -0.05) is 29.8 Å². The van der Waals surface area contributed by atoms with Crippen molar-refractivity contribution >= 4 is 28.8 Å². The van der Waals surface area contributed by atoms with E-state index in [4.69, 9.17) is 16.9 Å². The quantitative estimate of drug-likeness (QED) is 0.685. The second kappa shape index (κ2) is 5.43. The SMILES string of the molecule is N#Cc1ccc(Cn2cc(C=O)c3ccc(Cl)cc32)cc1. The number of aromatic nitrogens is 1. The molecule has 0 unspecified atom stereocenters. The number of hydrogen-bond acceptors (Lipinski definition) is 2. The number of nitrogens with zero attached hydrogens (tertiary/aromatic N) is 2. The Labute approximate surface area is 127 Å². The van der Waals surface area contributed by atoms with Crippen LogP contribution in [-0.2, 0) is 6.54 Å². The van der Waals surface area contributed by atoms with Gasteiger partial charge in [0.15, 0.2) is 6.29 Å². The van der Waals surface area contributed by atoms with Crippen molar-refractivity contribution in [2.45, 2.75) is 6.54 Å². The lowest BCUT2D eigenvalue weighted by Gasteiger charge is -2.06. The van der Waals surface area contributed by atoms with E-state index in [-0.39, 0.29) is 0 Å². The number of benzene rings is 2. The molecule has 102 valence electrons. The molecule has 0 bridgehead atoms. The minimum atomic E-state index is 0.621. The summed E-state index contributed by atoms with van der Waals surface area (Å²) in [6.07, 6.45) is 2.68. The topological polar surface area (TPSA) is 45.8 Å². The Morgan fingerprint density at radius 3 is 2.62 bits per heavy atom. The molecule has 0 aliphatic carbocycles. The molecule has 21 heavy (non-hydrogen) atoms. The molecule has 0 N–H and O–H groups in total. The van der Waals surface area contributed by atoms with Gasteiger partial charge in [0.05, 0.1) is 17.1 Å². The summed E-state index contributed by atoms with van der Waals surface area (Å²) >= 11 is 6.05. The third-order valence-electron chi connectivity index (χ3n) is 3.44. The number of hydrogen-bond donors (Lipinski definition) is 0. The predicted molar refractivity (Wildman–Crippen MR) is 82.6 cm³/mol. The molecule has 4 heteroatoms. The number of halogens is 1. The van der Waals surface area contributed by atoms with E-state index in [0.717, 1.165) is 22.8 Å². The minimum Gasteiger partial charge on any atom is -0.342 e. The molecule has 0 aliphatic heterocycles. The zero-order valence-electron chi connectivity index (χ0n) is 11.1. The van der Waals surface area contributed by atoms with Gasteiger partial charge in [0.2, 0.25) is 0 Å². The van der Waals surface area contributed by atoms with Crippen molar-refractivity contribution < 1.29 is 4.79 Å². The molecule has 0 fully saturated rings. The lowest BCUT2D eigenvalue weighted by molar-refractivity contribution is 0.112. The lowest BCUT2D eigenvalue weighted by Crippen LogP contribution is -1.97. The van der Waals surface area contributed by atoms with Crippen LogP contribution < -0.4 is 0 Å². The fourth-order valence-corrected chi connectivity index (χ4v) is 2.57. The first-order chi connectivity index (χ1) is 10.2. The van der Waals surface area contributed by atoms with Gasteiger partial charge in [-0.15, -0.1) is 0 Å². The fourth-order valence-electron chi connectivity index (χ4n) is 2.40. The van der Waals surface area contributed by atoms with Crippen molar-refractivity contribution in [2.24, 2.45) is 0 Å². The standard InChI is InChI=1S/C17H11ClN2O/c18-15-5-6-16-14(11-21)10-20(17(16)7-15)9-13-3-1-12(8-19)2-4-13/h1-7,10-11H,9H2. The summed E-state index contributed by atoms with van der Waals surface area (Å²) in [6.45, 7) is 0.621. The van der Waals surface area contributed by atoms with Crippen LogP contribution in [0.3, 0.4) is 0 Å². The van der Waals surface area contributed by atoms with Crippen LogP contribution in [0.2, 0.25) is 5.02 Å².